The Morgan fingerprint density at radius 1 is 0.886 bits per heavy atom. The first kappa shape index (κ1) is 23.1. The first-order valence-electron chi connectivity index (χ1n) is 11.0. The first-order valence-corrected chi connectivity index (χ1v) is 12.2. The van der Waals surface area contributed by atoms with Gasteiger partial charge in [-0.05, 0) is 60.7 Å². The average molecular weight is 490 g/mol. The number of rotatable bonds is 7. The summed E-state index contributed by atoms with van der Waals surface area (Å²) in [6.45, 7) is 0.556. The largest absolute Gasteiger partial charge is 0.396 e. The number of hydrogen-bond donors (Lipinski definition) is 1. The van der Waals surface area contributed by atoms with Crippen molar-refractivity contribution in [3.8, 4) is 33.6 Å². The molecule has 0 aliphatic heterocycles. The highest BCUT2D eigenvalue weighted by molar-refractivity contribution is 7.98. The molecule has 1 N–H and O–H groups in total. The normalized spacial score (nSPS) is 11.3. The molecule has 3 heterocycles. The Bertz CT molecular complexity index is 1490. The minimum absolute atomic E-state index is 0.0406. The molecule has 6 nitrogen and oxygen atoms in total. The molecule has 0 spiro atoms. The lowest BCUT2D eigenvalue weighted by Gasteiger charge is -2.16. The van der Waals surface area contributed by atoms with Crippen LogP contribution < -0.4 is 0 Å². The number of thioether (sulfide) groups is 1. The third-order valence-corrected chi connectivity index (χ3v) is 6.15. The van der Waals surface area contributed by atoms with E-state index < -0.39 is 0 Å². The molecule has 3 aromatic heterocycles. The molecule has 2 aromatic carbocycles. The van der Waals surface area contributed by atoms with Gasteiger partial charge in [-0.25, -0.2) is 23.7 Å². The molecule has 176 valence electrons. The topological polar surface area (TPSA) is 76.7 Å². The summed E-state index contributed by atoms with van der Waals surface area (Å²) < 4.78 is 29.4. The molecule has 0 atom stereocenters. The Kier molecular flexibility index (Phi) is 6.52. The number of aryl methyl sites for hydroxylation is 1. The zero-order valence-electron chi connectivity index (χ0n) is 18.8. The van der Waals surface area contributed by atoms with Crippen LogP contribution in [0.25, 0.3) is 44.7 Å². The number of aliphatic hydroxyl groups is 1. The molecule has 0 unspecified atom stereocenters. The van der Waals surface area contributed by atoms with Gasteiger partial charge in [0, 0.05) is 47.6 Å². The van der Waals surface area contributed by atoms with Crippen LogP contribution in [0.2, 0.25) is 0 Å². The van der Waals surface area contributed by atoms with Crippen LogP contribution >= 0.6 is 11.8 Å². The Hall–Kier alpha value is -3.69. The van der Waals surface area contributed by atoms with Crippen molar-refractivity contribution in [2.24, 2.45) is 0 Å². The predicted molar refractivity (Wildman–Crippen MR) is 133 cm³/mol. The molecule has 5 rings (SSSR count). The van der Waals surface area contributed by atoms with Gasteiger partial charge < -0.3 is 5.11 Å². The Morgan fingerprint density at radius 3 is 2.23 bits per heavy atom. The van der Waals surface area contributed by atoms with Crippen molar-refractivity contribution in [3.05, 3.63) is 78.6 Å². The predicted octanol–water partition coefficient (Wildman–Crippen LogP) is 5.60. The Labute approximate surface area is 204 Å². The van der Waals surface area contributed by atoms with Crippen molar-refractivity contribution in [1.29, 1.82) is 0 Å². The second-order valence-corrected chi connectivity index (χ2v) is 8.63. The molecule has 9 heteroatoms. The van der Waals surface area contributed by atoms with Crippen LogP contribution in [0.15, 0.2) is 72.1 Å². The summed E-state index contributed by atoms with van der Waals surface area (Å²) in [6, 6.07) is 14.2. The van der Waals surface area contributed by atoms with E-state index in [1.165, 1.54) is 36.0 Å². The Morgan fingerprint density at radius 2 is 1.57 bits per heavy atom. The van der Waals surface area contributed by atoms with E-state index in [0.717, 1.165) is 22.1 Å². The van der Waals surface area contributed by atoms with Gasteiger partial charge in [0.05, 0.1) is 11.4 Å². The van der Waals surface area contributed by atoms with Gasteiger partial charge in [0.1, 0.15) is 11.6 Å². The first-order chi connectivity index (χ1) is 17.1. The van der Waals surface area contributed by atoms with Crippen LogP contribution in [0.5, 0.6) is 0 Å². The number of benzene rings is 2. The molecule has 35 heavy (non-hydrogen) atoms. The maximum Gasteiger partial charge on any atom is 0.187 e. The molecule has 0 saturated heterocycles. The number of nitrogens with zero attached hydrogens (tertiary/aromatic N) is 5. The number of fused-ring (bicyclic) bond motifs is 1. The molecule has 0 amide bonds. The Balaban J connectivity index is 1.89. The lowest BCUT2D eigenvalue weighted by atomic mass is 9.91. The fourth-order valence-electron chi connectivity index (χ4n) is 3.99. The maximum absolute atomic E-state index is 13.9. The third kappa shape index (κ3) is 4.65. The maximum atomic E-state index is 13.9. The highest BCUT2D eigenvalue weighted by atomic mass is 32.2. The number of halogens is 2. The summed E-state index contributed by atoms with van der Waals surface area (Å²) in [6.07, 6.45) is 6.01. The zero-order valence-corrected chi connectivity index (χ0v) is 19.6. The summed E-state index contributed by atoms with van der Waals surface area (Å²) in [5.74, 6) is -0.695. The van der Waals surface area contributed by atoms with Gasteiger partial charge in [0.2, 0.25) is 0 Å². The molecule has 0 fully saturated rings. The summed E-state index contributed by atoms with van der Waals surface area (Å²) in [5.41, 5.74) is 4.68. The fourth-order valence-corrected chi connectivity index (χ4v) is 4.35. The molecule has 0 aliphatic rings. The van der Waals surface area contributed by atoms with Crippen molar-refractivity contribution in [1.82, 2.24) is 24.7 Å². The molecular formula is C26H21F2N5OS. The van der Waals surface area contributed by atoms with Gasteiger partial charge in [0.15, 0.2) is 10.8 Å². The van der Waals surface area contributed by atoms with Crippen LogP contribution in [-0.2, 0) is 6.54 Å². The minimum atomic E-state index is -0.352. The van der Waals surface area contributed by atoms with Gasteiger partial charge >= 0.3 is 0 Å². The van der Waals surface area contributed by atoms with E-state index in [4.69, 9.17) is 9.97 Å². The van der Waals surface area contributed by atoms with E-state index >= 15 is 0 Å². The van der Waals surface area contributed by atoms with Gasteiger partial charge in [-0.15, -0.1) is 0 Å². The molecule has 0 saturated carbocycles. The van der Waals surface area contributed by atoms with Crippen LogP contribution in [0, 0.1) is 11.6 Å². The SMILES string of the molecule is CSc1nccc(-c2c(-c3ccc(F)cc3)nc3nn(CCCO)cc3c2-c2ccc(F)cc2)n1. The summed E-state index contributed by atoms with van der Waals surface area (Å²) in [5, 5.41) is 15.3. The van der Waals surface area contributed by atoms with E-state index in [9.17, 15) is 13.9 Å². The van der Waals surface area contributed by atoms with Crippen molar-refractivity contribution in [2.45, 2.75) is 18.1 Å². The van der Waals surface area contributed by atoms with Crippen LogP contribution in [0.3, 0.4) is 0 Å². The fraction of sp³-hybridized carbons (Fsp3) is 0.154. The molecular weight excluding hydrogens is 468 g/mol. The van der Waals surface area contributed by atoms with Crippen LogP contribution in [-0.4, -0.2) is 42.7 Å². The molecule has 0 aliphatic carbocycles. The van der Waals surface area contributed by atoms with Crippen molar-refractivity contribution in [3.63, 3.8) is 0 Å². The van der Waals surface area contributed by atoms with Crippen molar-refractivity contribution in [2.75, 3.05) is 12.9 Å². The van der Waals surface area contributed by atoms with Crippen molar-refractivity contribution < 1.29 is 13.9 Å². The zero-order chi connectivity index (χ0) is 24.4. The highest BCUT2D eigenvalue weighted by Crippen LogP contribution is 2.42. The third-order valence-electron chi connectivity index (χ3n) is 5.58. The van der Waals surface area contributed by atoms with E-state index in [1.54, 1.807) is 41.2 Å². The number of aliphatic hydroxyl groups excluding tert-OH is 1. The summed E-state index contributed by atoms with van der Waals surface area (Å²) >= 11 is 1.42. The van der Waals surface area contributed by atoms with Crippen LogP contribution in [0.4, 0.5) is 8.78 Å². The van der Waals surface area contributed by atoms with E-state index in [-0.39, 0.29) is 18.2 Å². The van der Waals surface area contributed by atoms with Crippen molar-refractivity contribution >= 4 is 22.8 Å². The second-order valence-electron chi connectivity index (χ2n) is 7.86. The monoisotopic (exact) mass is 489 g/mol. The molecule has 0 radical (unpaired) electrons. The summed E-state index contributed by atoms with van der Waals surface area (Å²) in [4.78, 5) is 13.9. The van der Waals surface area contributed by atoms with Gasteiger partial charge in [0.25, 0.3) is 0 Å². The van der Waals surface area contributed by atoms with E-state index in [0.29, 0.717) is 40.7 Å². The summed E-state index contributed by atoms with van der Waals surface area (Å²) in [7, 11) is 0. The second kappa shape index (κ2) is 9.89. The lowest BCUT2D eigenvalue weighted by molar-refractivity contribution is 0.277. The van der Waals surface area contributed by atoms with E-state index in [2.05, 4.69) is 10.1 Å². The standard InChI is InChI=1S/C26H21F2N5OS/c1-35-26-29-12-11-21(30-26)23-22(16-3-7-18(27)8-4-16)20-15-33(13-2-14-34)32-25(20)31-24(23)17-5-9-19(28)10-6-17/h3-12,15,34H,2,13-14H2,1H3. The van der Waals surface area contributed by atoms with E-state index in [1.807, 2.05) is 12.5 Å². The number of hydrogen-bond acceptors (Lipinski definition) is 6. The lowest BCUT2D eigenvalue weighted by Crippen LogP contribution is -2.00. The van der Waals surface area contributed by atoms with Gasteiger partial charge in [-0.2, -0.15) is 5.10 Å². The smallest absolute Gasteiger partial charge is 0.187 e. The molecule has 0 bridgehead atoms. The number of aromatic nitrogens is 5. The quantitative estimate of drug-likeness (QED) is 0.237. The van der Waals surface area contributed by atoms with Gasteiger partial charge in [-0.3, -0.25) is 4.68 Å². The minimum Gasteiger partial charge on any atom is -0.396 e. The average Bonchev–Trinajstić information content (AvgIpc) is 3.30. The number of pyridine rings is 1. The highest BCUT2D eigenvalue weighted by Gasteiger charge is 2.23. The molecule has 5 aromatic rings. The van der Waals surface area contributed by atoms with Crippen LogP contribution in [0.1, 0.15) is 6.42 Å². The van der Waals surface area contributed by atoms with Gasteiger partial charge in [-0.1, -0.05) is 23.9 Å².